The summed E-state index contributed by atoms with van der Waals surface area (Å²) in [7, 11) is 0. The molecule has 3 heterocycles. The van der Waals surface area contributed by atoms with Crippen molar-refractivity contribution in [3.8, 4) is 0 Å². The predicted octanol–water partition coefficient (Wildman–Crippen LogP) is -2.99. The van der Waals surface area contributed by atoms with E-state index in [2.05, 4.69) is 63.1 Å². The average molecular weight is 1360 g/mol. The van der Waals surface area contributed by atoms with Gasteiger partial charge < -0.3 is 95.4 Å². The number of aliphatic hydroxyl groups is 1. The second-order valence-electron chi connectivity index (χ2n) is 25.7. The summed E-state index contributed by atoms with van der Waals surface area (Å²) >= 11 is 1.38. The van der Waals surface area contributed by atoms with Crippen LogP contribution in [0.1, 0.15) is 151 Å². The molecule has 95 heavy (non-hydrogen) atoms. The Hall–Kier alpha value is -7.49. The number of carboxylic acid groups (broad SMARTS) is 1. The van der Waals surface area contributed by atoms with Crippen LogP contribution in [0.15, 0.2) is 12.5 Å². The van der Waals surface area contributed by atoms with Crippen molar-refractivity contribution in [3.63, 3.8) is 0 Å². The highest BCUT2D eigenvalue weighted by Crippen LogP contribution is 2.23. The summed E-state index contributed by atoms with van der Waals surface area (Å²) in [5, 5.41) is 45.6. The van der Waals surface area contributed by atoms with Crippen LogP contribution in [0.4, 0.5) is 0 Å². The largest absolute Gasteiger partial charge is 0.480 e. The van der Waals surface area contributed by atoms with Gasteiger partial charge in [0.2, 0.25) is 70.9 Å². The van der Waals surface area contributed by atoms with Crippen molar-refractivity contribution in [3.05, 3.63) is 18.2 Å². The molecule has 2 aliphatic heterocycles. The number of nitrogens with two attached hydrogens (primary N) is 3. The van der Waals surface area contributed by atoms with Gasteiger partial charge in [0.25, 0.3) is 0 Å². The molecule has 0 aliphatic carbocycles. The Balaban J connectivity index is 1.77. The van der Waals surface area contributed by atoms with Gasteiger partial charge in [0.15, 0.2) is 0 Å². The number of unbranched alkanes of at least 4 members (excludes halogenated alkanes) is 2. The molecule has 2 saturated heterocycles. The summed E-state index contributed by atoms with van der Waals surface area (Å²) in [5.41, 5.74) is 17.6. The maximum absolute atomic E-state index is 14.7. The van der Waals surface area contributed by atoms with Crippen molar-refractivity contribution in [2.75, 3.05) is 44.8 Å². The van der Waals surface area contributed by atoms with E-state index in [-0.39, 0.29) is 89.4 Å². The van der Waals surface area contributed by atoms with Crippen molar-refractivity contribution in [1.82, 2.24) is 72.9 Å². The first-order chi connectivity index (χ1) is 44.9. The van der Waals surface area contributed by atoms with Crippen molar-refractivity contribution < 1.29 is 72.5 Å². The molecule has 3 rings (SSSR count). The number of carbonyl (C=O) groups is 13. The van der Waals surface area contributed by atoms with Gasteiger partial charge in [-0.15, -0.1) is 0 Å². The van der Waals surface area contributed by atoms with Crippen LogP contribution in [0.5, 0.6) is 0 Å². The van der Waals surface area contributed by atoms with Gasteiger partial charge in [0.1, 0.15) is 78.5 Å². The molecule has 0 aromatic carbocycles. The minimum absolute atomic E-state index is 0.0657. The fraction of sp³-hybridized carbons (Fsp3) is 0.742. The van der Waals surface area contributed by atoms with Crippen LogP contribution in [-0.2, 0) is 68.7 Å². The molecule has 32 nitrogen and oxygen atoms in total. The zero-order chi connectivity index (χ0) is 71.2. The molecule has 2 aliphatic rings. The lowest BCUT2D eigenvalue weighted by molar-refractivity contribution is -0.149. The van der Waals surface area contributed by atoms with Gasteiger partial charge in [-0.25, -0.2) is 9.78 Å². The van der Waals surface area contributed by atoms with E-state index in [1.807, 2.05) is 27.7 Å². The summed E-state index contributed by atoms with van der Waals surface area (Å²) in [6, 6.07) is -15.6. The maximum Gasteiger partial charge on any atom is 0.326 e. The zero-order valence-corrected chi connectivity index (χ0v) is 57.5. The smallest absolute Gasteiger partial charge is 0.326 e. The van der Waals surface area contributed by atoms with Crippen LogP contribution in [0.2, 0.25) is 0 Å². The molecule has 0 radical (unpaired) electrons. The lowest BCUT2D eigenvalue weighted by Gasteiger charge is -2.32. The van der Waals surface area contributed by atoms with Gasteiger partial charge in [0, 0.05) is 31.4 Å². The highest BCUT2D eigenvalue weighted by atomic mass is 32.2. The molecule has 2 fully saturated rings. The van der Waals surface area contributed by atoms with E-state index in [4.69, 9.17) is 17.2 Å². The Labute approximate surface area is 560 Å². The second-order valence-corrected chi connectivity index (χ2v) is 26.7. The fourth-order valence-corrected chi connectivity index (χ4v) is 11.4. The number of likely N-dealkylation sites (tertiary alicyclic amines) is 2. The van der Waals surface area contributed by atoms with Crippen molar-refractivity contribution in [2.45, 2.75) is 231 Å². The van der Waals surface area contributed by atoms with E-state index in [9.17, 15) is 72.5 Å². The molecule has 0 bridgehead atoms. The lowest BCUT2D eigenvalue weighted by Crippen LogP contribution is -2.60. The molecular formula is C62H107N17O15S. The SMILES string of the molecule is CSCC[C@H](NC(=O)[C@H](C)NC(=O)[C@@H](NC(=O)[C@@H](N)CO)C(C)C)C(=O)N[C@@H](CCCCN)C(=O)N[C@@H](C)C(=O)N[C@@H](C)C(=O)N[C@@H](Cc1cnc[nH]1)C(=O)N[C@@H](CCCCN)C(=O)N1CCC[C@H]1C(=O)N[C@@H](CC(C)C)C(=O)N[C@@H](CC(C)C)C(=O)N1CCC[C@H]1C(=O)O. The number of nitrogens with zero attached hydrogens (tertiary/aromatic N) is 3. The fourth-order valence-electron chi connectivity index (χ4n) is 10.9. The van der Waals surface area contributed by atoms with E-state index in [0.29, 0.717) is 50.0 Å². The van der Waals surface area contributed by atoms with E-state index in [1.54, 1.807) is 20.1 Å². The monoisotopic (exact) mass is 1360 g/mol. The van der Waals surface area contributed by atoms with E-state index in [0.717, 1.165) is 0 Å². The second kappa shape index (κ2) is 41.5. The number of hydrogen-bond donors (Lipinski definition) is 16. The highest BCUT2D eigenvalue weighted by Gasteiger charge is 2.42. The quantitative estimate of drug-likeness (QED) is 0.0290. The van der Waals surface area contributed by atoms with Gasteiger partial charge >= 0.3 is 5.97 Å². The summed E-state index contributed by atoms with van der Waals surface area (Å²) in [6.07, 6.45) is 8.10. The number of aromatic nitrogens is 2. The first-order valence-corrected chi connectivity index (χ1v) is 34.4. The maximum atomic E-state index is 14.7. The first kappa shape index (κ1) is 81.7. The van der Waals surface area contributed by atoms with E-state index in [1.165, 1.54) is 54.9 Å². The summed E-state index contributed by atoms with van der Waals surface area (Å²) < 4.78 is 0. The van der Waals surface area contributed by atoms with Crippen molar-refractivity contribution in [1.29, 1.82) is 0 Å². The van der Waals surface area contributed by atoms with Crippen LogP contribution in [0, 0.1) is 17.8 Å². The van der Waals surface area contributed by atoms with Gasteiger partial charge in [-0.2, -0.15) is 11.8 Å². The Bertz CT molecular complexity index is 2720. The molecule has 33 heteroatoms. The van der Waals surface area contributed by atoms with Crippen LogP contribution in [-0.4, -0.2) is 230 Å². The van der Waals surface area contributed by atoms with Gasteiger partial charge in [0.05, 0.1) is 12.9 Å². The molecule has 12 amide bonds. The predicted molar refractivity (Wildman–Crippen MR) is 353 cm³/mol. The van der Waals surface area contributed by atoms with E-state index < -0.39 is 168 Å². The van der Waals surface area contributed by atoms with Crippen LogP contribution < -0.4 is 70.4 Å². The third kappa shape index (κ3) is 26.9. The number of amides is 12. The number of hydrogen-bond acceptors (Lipinski definition) is 19. The number of rotatable bonds is 42. The number of aromatic amines is 1. The van der Waals surface area contributed by atoms with Gasteiger partial charge in [-0.05, 0) is 147 Å². The van der Waals surface area contributed by atoms with Crippen molar-refractivity contribution in [2.24, 2.45) is 35.0 Å². The number of aliphatic hydroxyl groups excluding tert-OH is 1. The number of thioether (sulfide) groups is 1. The Morgan fingerprint density at radius 3 is 1.52 bits per heavy atom. The van der Waals surface area contributed by atoms with Crippen LogP contribution >= 0.6 is 11.8 Å². The molecule has 536 valence electrons. The highest BCUT2D eigenvalue weighted by molar-refractivity contribution is 7.98. The zero-order valence-electron chi connectivity index (χ0n) is 56.7. The average Bonchev–Trinajstić information content (AvgIpc) is 1.77. The van der Waals surface area contributed by atoms with E-state index >= 15 is 0 Å². The lowest BCUT2D eigenvalue weighted by atomic mass is 9.99. The Kier molecular flexibility index (Phi) is 35.7. The van der Waals surface area contributed by atoms with Gasteiger partial charge in [-0.3, -0.25) is 57.5 Å². The summed E-state index contributed by atoms with van der Waals surface area (Å²) in [6.45, 7) is 15.0. The number of H-pyrrole nitrogens is 1. The molecule has 1 aromatic rings. The van der Waals surface area contributed by atoms with Gasteiger partial charge in [-0.1, -0.05) is 41.5 Å². The molecular weight excluding hydrogens is 1250 g/mol. The Morgan fingerprint density at radius 1 is 0.547 bits per heavy atom. The normalized spacial score (nSPS) is 18.1. The standard InChI is InChI=1S/C62H107N17O15S/c1-33(2)27-44(56(87)76-46(28-34(3)4)61(92)79-25-16-20-48(79)62(93)94)75-58(89)47-19-15-24-78(47)60(91)43(18-12-14-23-64)73-57(88)45(29-39-30-66-32-67-39)74-52(83)37(8)68-50(81)36(7)69-54(85)41(17-11-13-22-63)72-55(86)42(21-26-95-10)71-51(82)38(9)70-59(90)49(35(5)6)77-53(84)40(65)31-80/h30,32-38,40-49,80H,11-29,31,63-65H2,1-10H3,(H,66,67)(H,68,81)(H,69,85)(H,70,90)(H,71,82)(H,72,86)(H,73,88)(H,74,83)(H,75,89)(H,76,87)(H,77,84)(H,93,94)/t36-,37-,38-,40-,41-,42-,43-,44-,45-,46-,47-,48-,49-/m0/s1. The molecule has 19 N–H and O–H groups in total. The topological polar surface area (TPSA) is 496 Å². The summed E-state index contributed by atoms with van der Waals surface area (Å²) in [5.74, 6) is -10.1. The van der Waals surface area contributed by atoms with Crippen LogP contribution in [0.25, 0.3) is 0 Å². The Morgan fingerprint density at radius 2 is 0.989 bits per heavy atom. The third-order valence-electron chi connectivity index (χ3n) is 16.4. The molecule has 0 spiro atoms. The first-order valence-electron chi connectivity index (χ1n) is 33.0. The molecule has 13 atom stereocenters. The molecule has 0 unspecified atom stereocenters. The number of carboxylic acids is 1. The summed E-state index contributed by atoms with van der Waals surface area (Å²) in [4.78, 5) is 188. The third-order valence-corrected chi connectivity index (χ3v) is 17.0. The molecule has 0 saturated carbocycles. The van der Waals surface area contributed by atoms with Crippen LogP contribution in [0.3, 0.4) is 0 Å². The number of carbonyl (C=O) groups excluding carboxylic acids is 12. The van der Waals surface area contributed by atoms with Crippen molar-refractivity contribution >= 4 is 88.6 Å². The minimum Gasteiger partial charge on any atom is -0.480 e. The number of nitrogens with one attached hydrogen (secondary N) is 11. The number of imidazole rings is 1. The molecule has 1 aromatic heterocycles. The number of aliphatic carboxylic acids is 1. The minimum atomic E-state index is -1.39.